The Hall–Kier alpha value is -3.08. The molecule has 5 heteroatoms. The van der Waals surface area contributed by atoms with Gasteiger partial charge in [0.1, 0.15) is 0 Å². The quantitative estimate of drug-likeness (QED) is 0.732. The molecule has 5 nitrogen and oxygen atoms in total. The van der Waals surface area contributed by atoms with Crippen LogP contribution in [0.4, 0.5) is 10.5 Å². The molecule has 2 unspecified atom stereocenters. The Morgan fingerprint density at radius 1 is 1.04 bits per heavy atom. The van der Waals surface area contributed by atoms with E-state index in [9.17, 15) is 4.79 Å². The first-order valence-corrected chi connectivity index (χ1v) is 8.87. The summed E-state index contributed by atoms with van der Waals surface area (Å²) in [5.74, 6) is 0. The number of hydrogen-bond acceptors (Lipinski definition) is 3. The maximum absolute atomic E-state index is 12.6. The molecule has 2 atom stereocenters. The largest absolute Gasteiger partial charge is 0.383 e. The second-order valence-electron chi connectivity index (χ2n) is 7.04. The van der Waals surface area contributed by atoms with Crippen molar-refractivity contribution in [2.75, 3.05) is 26.0 Å². The standard InChI is InChI=1S/C21H20N4O/c1-24-17-12-23-16-9-8-15-18(19(16)20(17)25(2)21(24)26)14(10-11-22-15)13-6-4-3-5-7-13/h3-11,17,20,23H,12H2,1-2H3. The Morgan fingerprint density at radius 2 is 1.85 bits per heavy atom. The zero-order chi connectivity index (χ0) is 17.8. The number of benzene rings is 2. The van der Waals surface area contributed by atoms with Crippen molar-refractivity contribution in [3.63, 3.8) is 0 Å². The smallest absolute Gasteiger partial charge is 0.320 e. The lowest BCUT2D eigenvalue weighted by atomic mass is 9.87. The van der Waals surface area contributed by atoms with Crippen LogP contribution < -0.4 is 5.32 Å². The highest BCUT2D eigenvalue weighted by atomic mass is 16.2. The van der Waals surface area contributed by atoms with E-state index in [4.69, 9.17) is 0 Å². The molecule has 2 aliphatic rings. The van der Waals surface area contributed by atoms with Gasteiger partial charge in [0, 0.05) is 43.5 Å². The maximum Gasteiger partial charge on any atom is 0.320 e. The molecule has 0 spiro atoms. The summed E-state index contributed by atoms with van der Waals surface area (Å²) in [6, 6.07) is 16.8. The van der Waals surface area contributed by atoms with Crippen molar-refractivity contribution in [3.05, 3.63) is 60.3 Å². The van der Waals surface area contributed by atoms with E-state index in [0.717, 1.165) is 34.3 Å². The van der Waals surface area contributed by atoms with Crippen LogP contribution >= 0.6 is 0 Å². The molecule has 1 saturated heterocycles. The first kappa shape index (κ1) is 15.2. The fourth-order valence-electron chi connectivity index (χ4n) is 4.42. The van der Waals surface area contributed by atoms with Crippen LogP contribution in [0.2, 0.25) is 0 Å². The molecule has 0 saturated carbocycles. The summed E-state index contributed by atoms with van der Waals surface area (Å²) in [4.78, 5) is 20.9. The summed E-state index contributed by atoms with van der Waals surface area (Å²) in [5.41, 5.74) is 5.55. The van der Waals surface area contributed by atoms with Crippen LogP contribution in [-0.2, 0) is 0 Å². The summed E-state index contributed by atoms with van der Waals surface area (Å²) >= 11 is 0. The van der Waals surface area contributed by atoms with E-state index in [0.29, 0.717) is 0 Å². The van der Waals surface area contributed by atoms with Gasteiger partial charge in [-0.15, -0.1) is 0 Å². The van der Waals surface area contributed by atoms with Crippen molar-refractivity contribution in [2.45, 2.75) is 12.1 Å². The molecule has 2 amide bonds. The third kappa shape index (κ3) is 1.97. The van der Waals surface area contributed by atoms with E-state index in [1.54, 1.807) is 0 Å². The van der Waals surface area contributed by atoms with Gasteiger partial charge in [0.05, 0.1) is 17.6 Å². The molecule has 0 bridgehead atoms. The normalized spacial score (nSPS) is 21.5. The van der Waals surface area contributed by atoms with Crippen LogP contribution in [0.15, 0.2) is 54.7 Å². The van der Waals surface area contributed by atoms with Crippen molar-refractivity contribution < 1.29 is 4.79 Å². The summed E-state index contributed by atoms with van der Waals surface area (Å²) in [5, 5.41) is 4.66. The van der Waals surface area contributed by atoms with E-state index in [-0.39, 0.29) is 18.1 Å². The highest BCUT2D eigenvalue weighted by Gasteiger charge is 2.46. The van der Waals surface area contributed by atoms with Crippen molar-refractivity contribution in [1.29, 1.82) is 0 Å². The number of nitrogens with zero attached hydrogens (tertiary/aromatic N) is 3. The van der Waals surface area contributed by atoms with Crippen LogP contribution in [0.1, 0.15) is 11.6 Å². The Kier molecular flexibility index (Phi) is 3.19. The molecule has 26 heavy (non-hydrogen) atoms. The molecule has 1 aromatic heterocycles. The molecule has 5 rings (SSSR count). The Morgan fingerprint density at radius 3 is 2.65 bits per heavy atom. The number of fused-ring (bicyclic) bond motifs is 5. The fourth-order valence-corrected chi connectivity index (χ4v) is 4.42. The molecule has 0 radical (unpaired) electrons. The molecule has 1 fully saturated rings. The zero-order valence-corrected chi connectivity index (χ0v) is 14.8. The molecule has 2 aliphatic heterocycles. The summed E-state index contributed by atoms with van der Waals surface area (Å²) in [6.45, 7) is 0.761. The molecule has 0 aliphatic carbocycles. The van der Waals surface area contributed by atoms with Gasteiger partial charge < -0.3 is 15.1 Å². The van der Waals surface area contributed by atoms with Gasteiger partial charge in [-0.25, -0.2) is 4.79 Å². The number of amides is 2. The lowest BCUT2D eigenvalue weighted by Gasteiger charge is -2.34. The fraction of sp³-hybridized carbons (Fsp3) is 0.238. The lowest BCUT2D eigenvalue weighted by molar-refractivity contribution is 0.200. The first-order valence-electron chi connectivity index (χ1n) is 8.87. The third-order valence-electron chi connectivity index (χ3n) is 5.71. The number of rotatable bonds is 1. The number of nitrogens with one attached hydrogen (secondary N) is 1. The molecule has 3 heterocycles. The Bertz CT molecular complexity index is 1020. The number of carbonyl (C=O) groups is 1. The van der Waals surface area contributed by atoms with E-state index < -0.39 is 0 Å². The maximum atomic E-state index is 12.6. The van der Waals surface area contributed by atoms with Gasteiger partial charge in [0.25, 0.3) is 0 Å². The number of hydrogen-bond donors (Lipinski definition) is 1. The van der Waals surface area contributed by atoms with Crippen LogP contribution in [0, 0.1) is 0 Å². The SMILES string of the molecule is CN1C(=O)N(C)C2c3c(ccc4nccc(-c5ccccc5)c34)NCC21. The minimum atomic E-state index is 0.0270. The Balaban J connectivity index is 1.83. The predicted molar refractivity (Wildman–Crippen MR) is 103 cm³/mol. The summed E-state index contributed by atoms with van der Waals surface area (Å²) in [7, 11) is 3.79. The number of urea groups is 1. The van der Waals surface area contributed by atoms with Gasteiger partial charge in [-0.1, -0.05) is 30.3 Å². The van der Waals surface area contributed by atoms with Crippen molar-refractivity contribution >= 4 is 22.6 Å². The predicted octanol–water partition coefficient (Wildman–Crippen LogP) is 3.73. The van der Waals surface area contributed by atoms with E-state index >= 15 is 0 Å². The topological polar surface area (TPSA) is 48.5 Å². The van der Waals surface area contributed by atoms with Gasteiger partial charge in [-0.05, 0) is 29.3 Å². The lowest BCUT2D eigenvalue weighted by Crippen LogP contribution is -2.39. The van der Waals surface area contributed by atoms with Gasteiger partial charge in [-0.2, -0.15) is 0 Å². The van der Waals surface area contributed by atoms with Gasteiger partial charge >= 0.3 is 6.03 Å². The average Bonchev–Trinajstić information content (AvgIpc) is 2.92. The molecular weight excluding hydrogens is 324 g/mol. The van der Waals surface area contributed by atoms with Crippen LogP contribution in [0.25, 0.3) is 22.0 Å². The highest BCUT2D eigenvalue weighted by Crippen LogP contribution is 2.45. The van der Waals surface area contributed by atoms with Crippen LogP contribution in [-0.4, -0.2) is 47.5 Å². The molecule has 3 aromatic rings. The summed E-state index contributed by atoms with van der Waals surface area (Å²) < 4.78 is 0. The molecular formula is C21H20N4O. The zero-order valence-electron chi connectivity index (χ0n) is 14.8. The van der Waals surface area contributed by atoms with E-state index in [1.807, 2.05) is 36.2 Å². The average molecular weight is 344 g/mol. The number of aromatic nitrogens is 1. The van der Waals surface area contributed by atoms with Gasteiger partial charge in [0.2, 0.25) is 0 Å². The van der Waals surface area contributed by atoms with Crippen molar-refractivity contribution in [1.82, 2.24) is 14.8 Å². The first-order chi connectivity index (χ1) is 12.7. The molecule has 130 valence electrons. The van der Waals surface area contributed by atoms with Crippen molar-refractivity contribution in [2.24, 2.45) is 0 Å². The number of likely N-dealkylation sites (N-methyl/N-ethyl adjacent to an activating group) is 2. The van der Waals surface area contributed by atoms with E-state index in [2.05, 4.69) is 52.8 Å². The van der Waals surface area contributed by atoms with Crippen LogP contribution in [0.3, 0.4) is 0 Å². The summed E-state index contributed by atoms with van der Waals surface area (Å²) in [6.07, 6.45) is 1.86. The highest BCUT2D eigenvalue weighted by molar-refractivity contribution is 6.01. The number of pyridine rings is 1. The van der Waals surface area contributed by atoms with Gasteiger partial charge in [-0.3, -0.25) is 4.98 Å². The minimum Gasteiger partial charge on any atom is -0.383 e. The Labute approximate surface area is 152 Å². The molecule has 1 N–H and O–H groups in total. The second kappa shape index (κ2) is 5.46. The number of carbonyl (C=O) groups excluding carboxylic acids is 1. The second-order valence-corrected chi connectivity index (χ2v) is 7.04. The molecule has 2 aromatic carbocycles. The monoisotopic (exact) mass is 344 g/mol. The third-order valence-corrected chi connectivity index (χ3v) is 5.71. The van der Waals surface area contributed by atoms with Crippen molar-refractivity contribution in [3.8, 4) is 11.1 Å². The van der Waals surface area contributed by atoms with Gasteiger partial charge in [0.15, 0.2) is 0 Å². The van der Waals surface area contributed by atoms with Crippen LogP contribution in [0.5, 0.6) is 0 Å². The van der Waals surface area contributed by atoms with E-state index in [1.165, 1.54) is 5.56 Å². The minimum absolute atomic E-state index is 0.0270. The number of anilines is 1.